The van der Waals surface area contributed by atoms with Crippen molar-refractivity contribution in [2.75, 3.05) is 13.7 Å². The van der Waals surface area contributed by atoms with E-state index in [1.807, 2.05) is 0 Å². The van der Waals surface area contributed by atoms with Crippen molar-refractivity contribution in [3.63, 3.8) is 0 Å². The first-order valence-corrected chi connectivity index (χ1v) is 6.35. The molecule has 1 aromatic rings. The molecule has 1 heterocycles. The van der Waals surface area contributed by atoms with Crippen molar-refractivity contribution < 1.29 is 19.7 Å². The number of phenols is 1. The minimum atomic E-state index is -0.805. The van der Waals surface area contributed by atoms with Gasteiger partial charge in [-0.1, -0.05) is 15.9 Å². The van der Waals surface area contributed by atoms with Crippen LogP contribution in [0.25, 0.3) is 0 Å². The maximum absolute atomic E-state index is 11.0. The Kier molecular flexibility index (Phi) is 3.77. The summed E-state index contributed by atoms with van der Waals surface area (Å²) in [6.07, 6.45) is 0.480. The Hall–Kier alpha value is -1.27. The third-order valence-electron chi connectivity index (χ3n) is 3.15. The van der Waals surface area contributed by atoms with Crippen LogP contribution in [-0.2, 0) is 4.79 Å². The molecule has 0 radical (unpaired) electrons. The highest BCUT2D eigenvalue weighted by Gasteiger charge is 2.33. The van der Waals surface area contributed by atoms with Gasteiger partial charge in [0.05, 0.1) is 13.0 Å². The van der Waals surface area contributed by atoms with Crippen molar-refractivity contribution in [3.8, 4) is 11.5 Å². The second-order valence-corrected chi connectivity index (χ2v) is 5.10. The summed E-state index contributed by atoms with van der Waals surface area (Å²) in [5.74, 6) is -0.779. The van der Waals surface area contributed by atoms with Crippen LogP contribution in [-0.4, -0.2) is 29.8 Å². The maximum atomic E-state index is 11.0. The van der Waals surface area contributed by atoms with Gasteiger partial charge in [0.25, 0.3) is 0 Å². The number of carboxylic acid groups (broad SMARTS) is 1. The van der Waals surface area contributed by atoms with Crippen molar-refractivity contribution in [1.82, 2.24) is 5.32 Å². The van der Waals surface area contributed by atoms with Crippen molar-refractivity contribution in [2.45, 2.75) is 12.5 Å². The number of phenolic OH excluding ortho intramolecular Hbond substituents is 1. The predicted molar refractivity (Wildman–Crippen MR) is 68.8 cm³/mol. The van der Waals surface area contributed by atoms with Crippen molar-refractivity contribution in [3.05, 3.63) is 22.2 Å². The summed E-state index contributed by atoms with van der Waals surface area (Å²) in [5.41, 5.74) is 0.765. The molecule has 0 bridgehead atoms. The van der Waals surface area contributed by atoms with Gasteiger partial charge in [0, 0.05) is 22.6 Å². The Labute approximate surface area is 113 Å². The third kappa shape index (κ3) is 2.30. The second-order valence-electron chi connectivity index (χ2n) is 4.25. The number of carbonyl (C=O) groups is 1. The van der Waals surface area contributed by atoms with Gasteiger partial charge in [-0.15, -0.1) is 0 Å². The Morgan fingerprint density at radius 1 is 1.56 bits per heavy atom. The van der Waals surface area contributed by atoms with Crippen LogP contribution < -0.4 is 10.1 Å². The number of rotatable bonds is 3. The molecule has 2 rings (SSSR count). The van der Waals surface area contributed by atoms with Gasteiger partial charge in [0.15, 0.2) is 11.5 Å². The number of hydrogen-bond donors (Lipinski definition) is 3. The van der Waals surface area contributed by atoms with Crippen LogP contribution in [0.1, 0.15) is 18.0 Å². The normalized spacial score (nSPS) is 23.0. The van der Waals surface area contributed by atoms with Crippen LogP contribution >= 0.6 is 15.9 Å². The smallest absolute Gasteiger partial charge is 0.307 e. The lowest BCUT2D eigenvalue weighted by Crippen LogP contribution is -2.17. The fraction of sp³-hybridized carbons (Fsp3) is 0.417. The summed E-state index contributed by atoms with van der Waals surface area (Å²) >= 11 is 3.41. The van der Waals surface area contributed by atoms with Crippen LogP contribution in [0.4, 0.5) is 0 Å². The van der Waals surface area contributed by atoms with Crippen molar-refractivity contribution >= 4 is 21.9 Å². The molecular weight excluding hydrogens is 302 g/mol. The molecule has 1 aliphatic rings. The maximum Gasteiger partial charge on any atom is 0.307 e. The zero-order valence-corrected chi connectivity index (χ0v) is 11.4. The van der Waals surface area contributed by atoms with Gasteiger partial charge in [-0.2, -0.15) is 0 Å². The third-order valence-corrected chi connectivity index (χ3v) is 3.85. The Balaban J connectivity index is 2.34. The molecule has 18 heavy (non-hydrogen) atoms. The van der Waals surface area contributed by atoms with E-state index in [-0.39, 0.29) is 11.8 Å². The van der Waals surface area contributed by atoms with E-state index in [4.69, 9.17) is 9.84 Å². The summed E-state index contributed by atoms with van der Waals surface area (Å²) in [6.45, 7) is 0.422. The van der Waals surface area contributed by atoms with Gasteiger partial charge in [0.2, 0.25) is 0 Å². The number of methoxy groups -OCH3 is 1. The lowest BCUT2D eigenvalue weighted by Gasteiger charge is -2.17. The van der Waals surface area contributed by atoms with E-state index in [1.54, 1.807) is 6.07 Å². The topological polar surface area (TPSA) is 78.8 Å². The molecule has 1 aromatic carbocycles. The lowest BCUT2D eigenvalue weighted by atomic mass is 9.99. The van der Waals surface area contributed by atoms with Gasteiger partial charge in [-0.25, -0.2) is 0 Å². The first-order valence-electron chi connectivity index (χ1n) is 5.56. The highest BCUT2D eigenvalue weighted by atomic mass is 79.9. The molecule has 98 valence electrons. The van der Waals surface area contributed by atoms with Gasteiger partial charge in [-0.3, -0.25) is 4.79 Å². The monoisotopic (exact) mass is 315 g/mol. The molecular formula is C12H14BrNO4. The average Bonchev–Trinajstić information content (AvgIpc) is 2.81. The van der Waals surface area contributed by atoms with Crippen LogP contribution in [0.3, 0.4) is 0 Å². The zero-order chi connectivity index (χ0) is 13.3. The summed E-state index contributed by atoms with van der Waals surface area (Å²) in [4.78, 5) is 11.0. The van der Waals surface area contributed by atoms with Crippen LogP contribution in [0.5, 0.6) is 11.5 Å². The number of benzene rings is 1. The molecule has 0 saturated carbocycles. The van der Waals surface area contributed by atoms with Crippen molar-refractivity contribution in [2.24, 2.45) is 5.92 Å². The van der Waals surface area contributed by atoms with E-state index >= 15 is 0 Å². The Morgan fingerprint density at radius 2 is 2.28 bits per heavy atom. The number of aliphatic carboxylic acids is 1. The van der Waals surface area contributed by atoms with E-state index in [1.165, 1.54) is 13.2 Å². The Morgan fingerprint density at radius 3 is 2.83 bits per heavy atom. The number of ether oxygens (including phenoxy) is 1. The molecule has 2 atom stereocenters. The van der Waals surface area contributed by atoms with E-state index in [0.717, 1.165) is 10.0 Å². The molecule has 1 saturated heterocycles. The molecule has 1 aliphatic heterocycles. The van der Waals surface area contributed by atoms with Gasteiger partial charge in [-0.05, 0) is 18.6 Å². The number of aromatic hydroxyl groups is 1. The minimum Gasteiger partial charge on any atom is -0.504 e. The van der Waals surface area contributed by atoms with Gasteiger partial charge in [0.1, 0.15) is 0 Å². The number of halogens is 1. The first kappa shape index (κ1) is 13.2. The van der Waals surface area contributed by atoms with Crippen LogP contribution in [0.15, 0.2) is 16.6 Å². The van der Waals surface area contributed by atoms with E-state index < -0.39 is 11.9 Å². The minimum absolute atomic E-state index is 0.0521. The van der Waals surface area contributed by atoms with E-state index in [0.29, 0.717) is 18.7 Å². The summed E-state index contributed by atoms with van der Waals surface area (Å²) in [6, 6.07) is 3.13. The first-order chi connectivity index (χ1) is 8.54. The molecule has 6 heteroatoms. The highest BCUT2D eigenvalue weighted by Crippen LogP contribution is 2.42. The lowest BCUT2D eigenvalue weighted by molar-refractivity contribution is -0.141. The molecule has 3 N–H and O–H groups in total. The number of nitrogens with one attached hydrogen (secondary N) is 1. The van der Waals surface area contributed by atoms with E-state index in [9.17, 15) is 9.90 Å². The van der Waals surface area contributed by atoms with Crippen molar-refractivity contribution in [1.29, 1.82) is 0 Å². The predicted octanol–water partition coefficient (Wildman–Crippen LogP) is 1.90. The van der Waals surface area contributed by atoms with Gasteiger partial charge < -0.3 is 20.3 Å². The number of carboxylic acids is 1. The molecule has 0 aliphatic carbocycles. The molecule has 0 aromatic heterocycles. The zero-order valence-electron chi connectivity index (χ0n) is 9.81. The average molecular weight is 316 g/mol. The molecule has 2 unspecified atom stereocenters. The fourth-order valence-corrected chi connectivity index (χ4v) is 2.84. The standard InChI is InChI=1S/C12H14BrNO4/c1-18-11-9(15)3-2-7(13)10(11)8-4-6(5-14-8)12(16)17/h2-3,6,8,14-15H,4-5H2,1H3,(H,16,17). The summed E-state index contributed by atoms with van der Waals surface area (Å²) < 4.78 is 5.99. The molecule has 0 spiro atoms. The largest absolute Gasteiger partial charge is 0.504 e. The van der Waals surface area contributed by atoms with Crippen LogP contribution in [0, 0.1) is 5.92 Å². The Bertz CT molecular complexity index is 477. The SMILES string of the molecule is COc1c(O)ccc(Br)c1C1CC(C(=O)O)CN1. The summed E-state index contributed by atoms with van der Waals surface area (Å²) in [5, 5.41) is 21.9. The molecule has 0 amide bonds. The fourth-order valence-electron chi connectivity index (χ4n) is 2.25. The quantitative estimate of drug-likeness (QED) is 0.794. The molecule has 1 fully saturated rings. The second kappa shape index (κ2) is 5.16. The molecule has 5 nitrogen and oxygen atoms in total. The van der Waals surface area contributed by atoms with Gasteiger partial charge >= 0.3 is 5.97 Å². The van der Waals surface area contributed by atoms with Crippen LogP contribution in [0.2, 0.25) is 0 Å². The summed E-state index contributed by atoms with van der Waals surface area (Å²) in [7, 11) is 1.48. The number of hydrogen-bond acceptors (Lipinski definition) is 4. The highest BCUT2D eigenvalue weighted by molar-refractivity contribution is 9.10. The van der Waals surface area contributed by atoms with E-state index in [2.05, 4.69) is 21.2 Å².